The Hall–Kier alpha value is -2.61. The molecular formula is C19H24FN3O4. The third-order valence-electron chi connectivity index (χ3n) is 4.90. The number of aromatic carboxylic acids is 1. The van der Waals surface area contributed by atoms with E-state index in [9.17, 15) is 14.3 Å². The maximum Gasteiger partial charge on any atom is 0.343 e. The van der Waals surface area contributed by atoms with E-state index in [0.29, 0.717) is 12.1 Å². The predicted molar refractivity (Wildman–Crippen MR) is 98.8 cm³/mol. The minimum Gasteiger partial charge on any atom is -0.494 e. The van der Waals surface area contributed by atoms with Crippen LogP contribution in [0.25, 0.3) is 11.3 Å². The van der Waals surface area contributed by atoms with Crippen LogP contribution >= 0.6 is 0 Å². The first-order chi connectivity index (χ1) is 13.0. The van der Waals surface area contributed by atoms with E-state index in [4.69, 9.17) is 9.26 Å². The van der Waals surface area contributed by atoms with Crippen LogP contribution in [0.4, 0.5) is 10.2 Å². The van der Waals surface area contributed by atoms with Gasteiger partial charge in [0.1, 0.15) is 0 Å². The van der Waals surface area contributed by atoms with Crippen LogP contribution in [0.15, 0.2) is 22.7 Å². The zero-order chi connectivity index (χ0) is 19.4. The number of hydrogen-bond donors (Lipinski definition) is 2. The average molecular weight is 377 g/mol. The summed E-state index contributed by atoms with van der Waals surface area (Å²) in [5, 5.41) is 16.6. The predicted octanol–water partition coefficient (Wildman–Crippen LogP) is 3.47. The van der Waals surface area contributed by atoms with Crippen LogP contribution in [0.2, 0.25) is 0 Å². The lowest BCUT2D eigenvalue weighted by Gasteiger charge is -2.32. The standard InChI is InChI=1S/C19H24FN3O4/c1-12(23-8-4-3-5-9-23)11-21-18-16(19(24)25)17(27-22-18)13-6-7-14(20)15(10-13)26-2/h6-7,10,12H,3-5,8-9,11H2,1-2H3,(H,21,22)(H,24,25). The molecular weight excluding hydrogens is 353 g/mol. The number of hydrogen-bond acceptors (Lipinski definition) is 6. The van der Waals surface area contributed by atoms with Crippen molar-refractivity contribution in [1.82, 2.24) is 10.1 Å². The van der Waals surface area contributed by atoms with E-state index < -0.39 is 11.8 Å². The molecule has 0 radical (unpaired) electrons. The van der Waals surface area contributed by atoms with Crippen molar-refractivity contribution >= 4 is 11.8 Å². The molecule has 1 aliphatic rings. The largest absolute Gasteiger partial charge is 0.494 e. The minimum atomic E-state index is -1.16. The quantitative estimate of drug-likeness (QED) is 0.764. The van der Waals surface area contributed by atoms with E-state index in [0.717, 1.165) is 13.1 Å². The summed E-state index contributed by atoms with van der Waals surface area (Å²) >= 11 is 0. The first kappa shape index (κ1) is 19.2. The van der Waals surface area contributed by atoms with Crippen LogP contribution in [-0.2, 0) is 0 Å². The molecule has 2 aromatic rings. The molecule has 1 saturated heterocycles. The van der Waals surface area contributed by atoms with Crippen LogP contribution in [0.1, 0.15) is 36.5 Å². The number of carboxylic acid groups (broad SMARTS) is 1. The molecule has 3 rings (SSSR count). The summed E-state index contributed by atoms with van der Waals surface area (Å²) in [5.41, 5.74) is 0.310. The van der Waals surface area contributed by atoms with Gasteiger partial charge in [0.15, 0.2) is 28.7 Å². The Morgan fingerprint density at radius 2 is 2.15 bits per heavy atom. The van der Waals surface area contributed by atoms with Crippen molar-refractivity contribution in [3.05, 3.63) is 29.6 Å². The SMILES string of the molecule is COc1cc(-c2onc(NCC(C)N3CCCCC3)c2C(=O)O)ccc1F. The van der Waals surface area contributed by atoms with Crippen LogP contribution in [0.5, 0.6) is 5.75 Å². The summed E-state index contributed by atoms with van der Waals surface area (Å²) in [6.07, 6.45) is 3.63. The Morgan fingerprint density at radius 1 is 1.41 bits per heavy atom. The molecule has 27 heavy (non-hydrogen) atoms. The molecule has 7 nitrogen and oxygen atoms in total. The first-order valence-electron chi connectivity index (χ1n) is 9.06. The van der Waals surface area contributed by atoms with E-state index in [1.54, 1.807) is 0 Å². The van der Waals surface area contributed by atoms with Gasteiger partial charge in [-0.1, -0.05) is 11.6 Å². The number of carboxylic acids is 1. The van der Waals surface area contributed by atoms with Gasteiger partial charge in [0.2, 0.25) is 0 Å². The third-order valence-corrected chi connectivity index (χ3v) is 4.90. The van der Waals surface area contributed by atoms with Gasteiger partial charge in [0.25, 0.3) is 0 Å². The van der Waals surface area contributed by atoms with Crippen molar-refractivity contribution in [3.63, 3.8) is 0 Å². The normalized spacial score (nSPS) is 16.1. The lowest BCUT2D eigenvalue weighted by molar-refractivity contribution is 0.0698. The van der Waals surface area contributed by atoms with E-state index in [2.05, 4.69) is 22.3 Å². The van der Waals surface area contributed by atoms with Crippen LogP contribution < -0.4 is 10.1 Å². The van der Waals surface area contributed by atoms with E-state index >= 15 is 0 Å². The lowest BCUT2D eigenvalue weighted by atomic mass is 10.1. The number of methoxy groups -OCH3 is 1. The Labute approximate surface area is 157 Å². The number of rotatable bonds is 7. The van der Waals surface area contributed by atoms with E-state index in [1.165, 1.54) is 44.6 Å². The molecule has 0 bridgehead atoms. The Morgan fingerprint density at radius 3 is 2.81 bits per heavy atom. The third kappa shape index (κ3) is 4.21. The molecule has 1 fully saturated rings. The first-order valence-corrected chi connectivity index (χ1v) is 9.06. The highest BCUT2D eigenvalue weighted by atomic mass is 19.1. The highest BCUT2D eigenvalue weighted by Gasteiger charge is 2.25. The van der Waals surface area contributed by atoms with Gasteiger partial charge in [-0.25, -0.2) is 9.18 Å². The molecule has 8 heteroatoms. The van der Waals surface area contributed by atoms with Gasteiger partial charge in [-0.2, -0.15) is 0 Å². The number of carbonyl (C=O) groups is 1. The molecule has 0 aliphatic carbocycles. The molecule has 2 heterocycles. The second-order valence-electron chi connectivity index (χ2n) is 6.72. The number of benzene rings is 1. The Bertz CT molecular complexity index is 802. The van der Waals surface area contributed by atoms with Crippen LogP contribution in [-0.4, -0.2) is 53.9 Å². The summed E-state index contributed by atoms with van der Waals surface area (Å²) in [5.74, 6) is -1.46. The number of aromatic nitrogens is 1. The van der Waals surface area contributed by atoms with Crippen molar-refractivity contribution in [2.75, 3.05) is 32.1 Å². The maximum atomic E-state index is 13.6. The number of ether oxygens (including phenoxy) is 1. The van der Waals surface area contributed by atoms with Crippen LogP contribution in [0, 0.1) is 5.82 Å². The lowest BCUT2D eigenvalue weighted by Crippen LogP contribution is -2.41. The van der Waals surface area contributed by atoms with Gasteiger partial charge in [0.05, 0.1) is 7.11 Å². The van der Waals surface area contributed by atoms with Gasteiger partial charge in [-0.3, -0.25) is 4.90 Å². The molecule has 0 amide bonds. The molecule has 1 aliphatic heterocycles. The molecule has 0 saturated carbocycles. The second-order valence-corrected chi connectivity index (χ2v) is 6.72. The summed E-state index contributed by atoms with van der Waals surface area (Å²) in [7, 11) is 1.34. The summed E-state index contributed by atoms with van der Waals surface area (Å²) in [4.78, 5) is 14.2. The molecule has 1 atom stereocenters. The van der Waals surface area contributed by atoms with Gasteiger partial charge in [-0.05, 0) is 51.1 Å². The summed E-state index contributed by atoms with van der Waals surface area (Å²) in [6, 6.07) is 4.28. The second kappa shape index (κ2) is 8.39. The van der Waals surface area contributed by atoms with Gasteiger partial charge in [0, 0.05) is 18.2 Å². The zero-order valence-corrected chi connectivity index (χ0v) is 15.5. The number of nitrogens with one attached hydrogen (secondary N) is 1. The minimum absolute atomic E-state index is 0.00784. The fourth-order valence-corrected chi connectivity index (χ4v) is 3.34. The van der Waals surface area contributed by atoms with Gasteiger partial charge in [-0.15, -0.1) is 0 Å². The van der Waals surface area contributed by atoms with E-state index in [-0.39, 0.29) is 28.9 Å². The number of anilines is 1. The monoisotopic (exact) mass is 377 g/mol. The molecule has 1 unspecified atom stereocenters. The summed E-state index contributed by atoms with van der Waals surface area (Å²) in [6.45, 7) is 4.76. The topological polar surface area (TPSA) is 87.8 Å². The maximum absolute atomic E-state index is 13.6. The average Bonchev–Trinajstić information content (AvgIpc) is 3.11. The Balaban J connectivity index is 1.80. The number of halogens is 1. The molecule has 1 aromatic heterocycles. The molecule has 146 valence electrons. The molecule has 0 spiro atoms. The van der Waals surface area contributed by atoms with Crippen molar-refractivity contribution in [1.29, 1.82) is 0 Å². The van der Waals surface area contributed by atoms with E-state index in [1.807, 2.05) is 0 Å². The number of nitrogens with zero attached hydrogens (tertiary/aromatic N) is 2. The fraction of sp³-hybridized carbons (Fsp3) is 0.474. The van der Waals surface area contributed by atoms with Crippen molar-refractivity contribution in [3.8, 4) is 17.1 Å². The smallest absolute Gasteiger partial charge is 0.343 e. The highest BCUT2D eigenvalue weighted by Crippen LogP contribution is 2.32. The fourth-order valence-electron chi connectivity index (χ4n) is 3.34. The van der Waals surface area contributed by atoms with Crippen molar-refractivity contribution < 1.29 is 23.6 Å². The number of likely N-dealkylation sites (tertiary alicyclic amines) is 1. The van der Waals surface area contributed by atoms with Gasteiger partial charge >= 0.3 is 5.97 Å². The number of piperidine rings is 1. The summed E-state index contributed by atoms with van der Waals surface area (Å²) < 4.78 is 23.9. The molecule has 2 N–H and O–H groups in total. The van der Waals surface area contributed by atoms with Crippen molar-refractivity contribution in [2.45, 2.75) is 32.2 Å². The van der Waals surface area contributed by atoms with Crippen LogP contribution in [0.3, 0.4) is 0 Å². The molecule has 1 aromatic carbocycles. The van der Waals surface area contributed by atoms with Crippen molar-refractivity contribution in [2.24, 2.45) is 0 Å². The highest BCUT2D eigenvalue weighted by molar-refractivity contribution is 5.99. The van der Waals surface area contributed by atoms with Gasteiger partial charge < -0.3 is 19.7 Å². The Kier molecular flexibility index (Phi) is 5.95. The zero-order valence-electron chi connectivity index (χ0n) is 15.5.